The molecule has 0 aliphatic heterocycles. The average molecular weight is 431 g/mol. The number of pyridine rings is 1. The number of hydrogen-bond acceptors (Lipinski definition) is 5. The Labute approximate surface area is 174 Å². The molecule has 0 saturated heterocycles. The number of halogens is 1. The van der Waals surface area contributed by atoms with Crippen LogP contribution < -0.4 is 14.9 Å². The van der Waals surface area contributed by atoms with Gasteiger partial charge in [-0.1, -0.05) is 11.6 Å². The Balaban J connectivity index is 1.78. The molecule has 29 heavy (non-hydrogen) atoms. The normalized spacial score (nSPS) is 11.0. The molecular weight excluding hydrogens is 412 g/mol. The van der Waals surface area contributed by atoms with Crippen molar-refractivity contribution in [1.29, 1.82) is 0 Å². The minimum atomic E-state index is -3.77. The van der Waals surface area contributed by atoms with Gasteiger partial charge in [-0.3, -0.25) is 14.5 Å². The summed E-state index contributed by atoms with van der Waals surface area (Å²) >= 11 is 6.04. The summed E-state index contributed by atoms with van der Waals surface area (Å²) in [7, 11) is -0.0608. The maximum absolute atomic E-state index is 12.6. The molecule has 2 aromatic carbocycles. The molecule has 0 aliphatic rings. The number of nitrogens with one attached hydrogen (secondary N) is 2. The van der Waals surface area contributed by atoms with Gasteiger partial charge in [-0.2, -0.15) is 0 Å². The Bertz CT molecular complexity index is 1120. The van der Waals surface area contributed by atoms with Crippen LogP contribution in [0.5, 0.6) is 0 Å². The van der Waals surface area contributed by atoms with Crippen LogP contribution in [0.25, 0.3) is 0 Å². The third kappa shape index (κ3) is 5.04. The van der Waals surface area contributed by atoms with Gasteiger partial charge in [0.25, 0.3) is 15.9 Å². The van der Waals surface area contributed by atoms with Crippen molar-refractivity contribution in [2.75, 3.05) is 29.0 Å². The van der Waals surface area contributed by atoms with Gasteiger partial charge in [-0.25, -0.2) is 8.42 Å². The molecule has 1 amide bonds. The van der Waals surface area contributed by atoms with E-state index in [0.717, 1.165) is 5.69 Å². The molecule has 0 bridgehead atoms. The van der Waals surface area contributed by atoms with E-state index in [9.17, 15) is 13.2 Å². The number of carbonyl (C=O) groups is 1. The molecule has 3 aromatic rings. The lowest BCUT2D eigenvalue weighted by Crippen LogP contribution is -2.17. The number of aromatic nitrogens is 1. The summed E-state index contributed by atoms with van der Waals surface area (Å²) in [4.78, 5) is 18.4. The Hall–Kier alpha value is -3.10. The Morgan fingerprint density at radius 1 is 1.00 bits per heavy atom. The highest BCUT2D eigenvalue weighted by Crippen LogP contribution is 2.28. The lowest BCUT2D eigenvalue weighted by atomic mass is 10.2. The van der Waals surface area contributed by atoms with E-state index in [-0.39, 0.29) is 10.8 Å². The fraction of sp³-hybridized carbons (Fsp3) is 0.100. The third-order valence-electron chi connectivity index (χ3n) is 4.05. The van der Waals surface area contributed by atoms with Crippen molar-refractivity contribution in [3.05, 3.63) is 77.6 Å². The van der Waals surface area contributed by atoms with Gasteiger partial charge in [0.2, 0.25) is 0 Å². The summed E-state index contributed by atoms with van der Waals surface area (Å²) in [6.07, 6.45) is 2.98. The van der Waals surface area contributed by atoms with Crippen LogP contribution in [0.1, 0.15) is 10.4 Å². The van der Waals surface area contributed by atoms with E-state index in [1.54, 1.807) is 30.3 Å². The van der Waals surface area contributed by atoms with Crippen molar-refractivity contribution in [2.24, 2.45) is 0 Å². The Morgan fingerprint density at radius 3 is 2.28 bits per heavy atom. The van der Waals surface area contributed by atoms with Gasteiger partial charge in [0.05, 0.1) is 22.0 Å². The first-order chi connectivity index (χ1) is 13.8. The van der Waals surface area contributed by atoms with Gasteiger partial charge in [-0.05, 0) is 54.6 Å². The first kappa shape index (κ1) is 20.6. The smallest absolute Gasteiger partial charge is 0.261 e. The number of carbonyl (C=O) groups excluding carboxylic acids is 1. The van der Waals surface area contributed by atoms with E-state index >= 15 is 0 Å². The van der Waals surface area contributed by atoms with Crippen LogP contribution in [-0.2, 0) is 10.0 Å². The quantitative estimate of drug-likeness (QED) is 0.619. The molecule has 0 saturated carbocycles. The second kappa shape index (κ2) is 8.50. The van der Waals surface area contributed by atoms with Crippen LogP contribution in [0.15, 0.2) is 71.9 Å². The van der Waals surface area contributed by atoms with Gasteiger partial charge < -0.3 is 10.2 Å². The zero-order valence-electron chi connectivity index (χ0n) is 15.8. The van der Waals surface area contributed by atoms with Crippen molar-refractivity contribution in [3.8, 4) is 0 Å². The molecule has 0 unspecified atom stereocenters. The number of rotatable bonds is 6. The van der Waals surface area contributed by atoms with Crippen molar-refractivity contribution < 1.29 is 13.2 Å². The van der Waals surface area contributed by atoms with Gasteiger partial charge >= 0.3 is 0 Å². The molecule has 9 heteroatoms. The first-order valence-corrected chi connectivity index (χ1v) is 10.4. The average Bonchev–Trinajstić information content (AvgIpc) is 2.68. The van der Waals surface area contributed by atoms with E-state index in [1.165, 1.54) is 36.7 Å². The van der Waals surface area contributed by atoms with Crippen LogP contribution in [0, 0.1) is 0 Å². The predicted octanol–water partition coefficient (Wildman–Crippen LogP) is 3.85. The number of anilines is 3. The highest BCUT2D eigenvalue weighted by molar-refractivity contribution is 7.92. The minimum Gasteiger partial charge on any atom is -0.376 e. The van der Waals surface area contributed by atoms with Gasteiger partial charge in [0.15, 0.2) is 0 Å². The number of hydrogen-bond donors (Lipinski definition) is 2. The van der Waals surface area contributed by atoms with Crippen molar-refractivity contribution in [1.82, 2.24) is 4.98 Å². The number of amides is 1. The van der Waals surface area contributed by atoms with Crippen molar-refractivity contribution in [3.63, 3.8) is 0 Å². The highest BCUT2D eigenvalue weighted by atomic mass is 35.5. The Kier molecular flexibility index (Phi) is 6.05. The molecule has 0 spiro atoms. The molecular formula is C20H19ClN4O3S. The summed E-state index contributed by atoms with van der Waals surface area (Å²) < 4.78 is 27.4. The zero-order chi connectivity index (χ0) is 21.0. The fourth-order valence-electron chi connectivity index (χ4n) is 2.61. The summed E-state index contributed by atoms with van der Waals surface area (Å²) in [5, 5.41) is 3.30. The van der Waals surface area contributed by atoms with Crippen LogP contribution >= 0.6 is 11.6 Å². The molecule has 1 heterocycles. The highest BCUT2D eigenvalue weighted by Gasteiger charge is 2.16. The SMILES string of the molecule is CN(C)c1ccc(Cl)cc1NC(=O)c1ccc(S(=O)(=O)Nc2ccncc2)cc1. The molecule has 1 aromatic heterocycles. The second-order valence-electron chi connectivity index (χ2n) is 6.38. The van der Waals surface area contributed by atoms with E-state index in [1.807, 2.05) is 19.0 Å². The maximum atomic E-state index is 12.6. The summed E-state index contributed by atoms with van der Waals surface area (Å²) in [6.45, 7) is 0. The number of benzene rings is 2. The molecule has 2 N–H and O–H groups in total. The standard InChI is InChI=1S/C20H19ClN4O3S/c1-25(2)19-8-5-15(21)13-18(19)23-20(26)14-3-6-17(7-4-14)29(27,28)24-16-9-11-22-12-10-16/h3-13H,1-2H3,(H,22,24)(H,23,26). The van der Waals surface area contributed by atoms with Crippen LogP contribution in [0.2, 0.25) is 5.02 Å². The minimum absolute atomic E-state index is 0.0441. The summed E-state index contributed by atoms with van der Waals surface area (Å²) in [5.41, 5.74) is 2.07. The van der Waals surface area contributed by atoms with E-state index in [2.05, 4.69) is 15.0 Å². The Morgan fingerprint density at radius 2 is 1.66 bits per heavy atom. The monoisotopic (exact) mass is 430 g/mol. The van der Waals surface area contributed by atoms with Crippen molar-refractivity contribution >= 4 is 44.6 Å². The topological polar surface area (TPSA) is 91.4 Å². The van der Waals surface area contributed by atoms with E-state index in [4.69, 9.17) is 11.6 Å². The predicted molar refractivity (Wildman–Crippen MR) is 115 cm³/mol. The number of sulfonamides is 1. The van der Waals surface area contributed by atoms with E-state index < -0.39 is 10.0 Å². The molecule has 150 valence electrons. The van der Waals surface area contributed by atoms with Gasteiger partial charge in [0.1, 0.15) is 0 Å². The zero-order valence-corrected chi connectivity index (χ0v) is 17.3. The summed E-state index contributed by atoms with van der Waals surface area (Å²) in [6, 6.07) is 14.0. The van der Waals surface area contributed by atoms with E-state index in [0.29, 0.717) is 22.0 Å². The fourth-order valence-corrected chi connectivity index (χ4v) is 3.84. The van der Waals surface area contributed by atoms with Crippen LogP contribution in [0.4, 0.5) is 17.1 Å². The molecule has 7 nitrogen and oxygen atoms in total. The molecule has 0 fully saturated rings. The molecule has 0 aliphatic carbocycles. The number of nitrogens with zero attached hydrogens (tertiary/aromatic N) is 2. The lowest BCUT2D eigenvalue weighted by Gasteiger charge is -2.18. The molecule has 0 radical (unpaired) electrons. The van der Waals surface area contributed by atoms with Gasteiger partial charge in [0, 0.05) is 37.1 Å². The van der Waals surface area contributed by atoms with Gasteiger partial charge in [-0.15, -0.1) is 0 Å². The molecule has 3 rings (SSSR count). The van der Waals surface area contributed by atoms with Crippen molar-refractivity contribution in [2.45, 2.75) is 4.90 Å². The van der Waals surface area contributed by atoms with Crippen LogP contribution in [-0.4, -0.2) is 33.4 Å². The molecule has 0 atom stereocenters. The maximum Gasteiger partial charge on any atom is 0.261 e. The third-order valence-corrected chi connectivity index (χ3v) is 5.68. The first-order valence-electron chi connectivity index (χ1n) is 8.57. The summed E-state index contributed by atoms with van der Waals surface area (Å²) in [5.74, 6) is -0.374. The second-order valence-corrected chi connectivity index (χ2v) is 8.49. The lowest BCUT2D eigenvalue weighted by molar-refractivity contribution is 0.102. The van der Waals surface area contributed by atoms with Crippen LogP contribution in [0.3, 0.4) is 0 Å². The largest absolute Gasteiger partial charge is 0.376 e.